The number of amides is 1. The number of carbonyl (C=O) groups is 1. The van der Waals surface area contributed by atoms with E-state index in [0.29, 0.717) is 19.7 Å². The summed E-state index contributed by atoms with van der Waals surface area (Å²) in [5, 5.41) is 9.53. The van der Waals surface area contributed by atoms with Gasteiger partial charge in [-0.2, -0.15) is 0 Å². The number of aliphatic hydroxyl groups excluding tert-OH is 1. The number of hydrogen-bond acceptors (Lipinski definition) is 4. The molecule has 0 aromatic heterocycles. The van der Waals surface area contributed by atoms with Crippen molar-refractivity contribution in [3.63, 3.8) is 0 Å². The van der Waals surface area contributed by atoms with E-state index in [4.69, 9.17) is 9.47 Å². The van der Waals surface area contributed by atoms with Gasteiger partial charge in [0, 0.05) is 19.7 Å². The molecule has 5 nitrogen and oxygen atoms in total. The summed E-state index contributed by atoms with van der Waals surface area (Å²) in [5.41, 5.74) is 0.666. The summed E-state index contributed by atoms with van der Waals surface area (Å²) in [6.07, 6.45) is 2.13. The summed E-state index contributed by atoms with van der Waals surface area (Å²) >= 11 is 0. The van der Waals surface area contributed by atoms with Gasteiger partial charge in [0.2, 0.25) is 0 Å². The maximum atomic E-state index is 11.9. The molecule has 0 aromatic carbocycles. The van der Waals surface area contributed by atoms with E-state index in [1.165, 1.54) is 0 Å². The number of hydrogen-bond donors (Lipinski definition) is 1. The number of ether oxygens (including phenoxy) is 2. The van der Waals surface area contributed by atoms with E-state index in [1.54, 1.807) is 11.0 Å². The molecular formula is C14H25NO4. The number of piperidine rings is 1. The van der Waals surface area contributed by atoms with Crippen molar-refractivity contribution in [1.82, 2.24) is 4.90 Å². The maximum Gasteiger partial charge on any atom is 0.410 e. The lowest BCUT2D eigenvalue weighted by Gasteiger charge is -2.31. The van der Waals surface area contributed by atoms with Gasteiger partial charge in [0.05, 0.1) is 0 Å². The van der Waals surface area contributed by atoms with Crippen molar-refractivity contribution < 1.29 is 19.4 Å². The van der Waals surface area contributed by atoms with Crippen LogP contribution in [-0.4, -0.2) is 47.7 Å². The molecule has 1 amide bonds. The van der Waals surface area contributed by atoms with Gasteiger partial charge in [0.25, 0.3) is 0 Å². The molecule has 110 valence electrons. The molecule has 0 radical (unpaired) electrons. The van der Waals surface area contributed by atoms with Gasteiger partial charge in [0.15, 0.2) is 6.29 Å². The van der Waals surface area contributed by atoms with Gasteiger partial charge in [-0.3, -0.25) is 0 Å². The minimum Gasteiger partial charge on any atom is -0.444 e. The smallest absolute Gasteiger partial charge is 0.410 e. The Hall–Kier alpha value is -1.07. The van der Waals surface area contributed by atoms with Crippen molar-refractivity contribution >= 4 is 6.09 Å². The first-order valence-corrected chi connectivity index (χ1v) is 6.79. The van der Waals surface area contributed by atoms with Crippen molar-refractivity contribution in [2.45, 2.75) is 52.4 Å². The highest BCUT2D eigenvalue weighted by Crippen LogP contribution is 2.19. The van der Waals surface area contributed by atoms with Crippen LogP contribution >= 0.6 is 0 Å². The maximum absolute atomic E-state index is 11.9. The van der Waals surface area contributed by atoms with Crippen molar-refractivity contribution in [2.75, 3.05) is 19.7 Å². The highest BCUT2D eigenvalue weighted by atomic mass is 16.6. The molecule has 19 heavy (non-hydrogen) atoms. The predicted molar refractivity (Wildman–Crippen MR) is 72.8 cm³/mol. The fourth-order valence-corrected chi connectivity index (χ4v) is 1.89. The van der Waals surface area contributed by atoms with Crippen LogP contribution in [0.3, 0.4) is 0 Å². The highest BCUT2D eigenvalue weighted by molar-refractivity contribution is 5.68. The third kappa shape index (κ3) is 6.07. The first-order chi connectivity index (χ1) is 8.81. The number of nitrogens with zero attached hydrogens (tertiary/aromatic N) is 1. The van der Waals surface area contributed by atoms with Crippen LogP contribution in [0, 0.1) is 0 Å². The third-order valence-corrected chi connectivity index (χ3v) is 2.77. The summed E-state index contributed by atoms with van der Waals surface area (Å²) in [4.78, 5) is 13.6. The van der Waals surface area contributed by atoms with Gasteiger partial charge in [0.1, 0.15) is 5.60 Å². The molecule has 0 saturated carbocycles. The average molecular weight is 271 g/mol. The third-order valence-electron chi connectivity index (χ3n) is 2.77. The van der Waals surface area contributed by atoms with Crippen LogP contribution in [0.2, 0.25) is 0 Å². The van der Waals surface area contributed by atoms with Gasteiger partial charge >= 0.3 is 6.09 Å². The van der Waals surface area contributed by atoms with Gasteiger partial charge in [-0.05, 0) is 46.6 Å². The van der Waals surface area contributed by atoms with Crippen LogP contribution in [-0.2, 0) is 9.47 Å². The Morgan fingerprint density at radius 1 is 1.42 bits per heavy atom. The van der Waals surface area contributed by atoms with Gasteiger partial charge in [-0.1, -0.05) is 5.57 Å². The molecule has 1 N–H and O–H groups in total. The van der Waals surface area contributed by atoms with E-state index in [0.717, 1.165) is 18.4 Å². The molecule has 5 heteroatoms. The topological polar surface area (TPSA) is 59.0 Å². The highest BCUT2D eigenvalue weighted by Gasteiger charge is 2.24. The second kappa shape index (κ2) is 6.91. The zero-order valence-electron chi connectivity index (χ0n) is 12.3. The molecule has 1 rings (SSSR count). The van der Waals surface area contributed by atoms with E-state index in [1.807, 2.05) is 27.7 Å². The lowest BCUT2D eigenvalue weighted by atomic mass is 10.0. The first-order valence-electron chi connectivity index (χ1n) is 6.79. The second-order valence-electron chi connectivity index (χ2n) is 5.64. The van der Waals surface area contributed by atoms with E-state index in [2.05, 4.69) is 0 Å². The molecule has 0 aliphatic carbocycles. The van der Waals surface area contributed by atoms with Crippen LogP contribution in [0.1, 0.15) is 40.5 Å². The lowest BCUT2D eigenvalue weighted by Crippen LogP contribution is -2.40. The number of aliphatic hydroxyl groups is 1. The number of likely N-dealkylation sites (tertiary alicyclic amines) is 1. The minimum absolute atomic E-state index is 0.267. The average Bonchev–Trinajstić information content (AvgIpc) is 2.27. The first kappa shape index (κ1) is 16.0. The fraction of sp³-hybridized carbons (Fsp3) is 0.786. The van der Waals surface area contributed by atoms with Crippen molar-refractivity contribution in [3.05, 3.63) is 11.6 Å². The predicted octanol–water partition coefficient (Wildman–Crippen LogP) is 2.30. The van der Waals surface area contributed by atoms with Crippen LogP contribution < -0.4 is 0 Å². The Bertz CT molecular complexity index is 323. The standard InChI is InChI=1S/C14H25NO4/c1-5-18-12(16)10-11-6-8-15(9-7-11)13(17)19-14(2,3)4/h10,12,16H,5-9H2,1-4H3. The van der Waals surface area contributed by atoms with Gasteiger partial charge < -0.3 is 19.5 Å². The van der Waals surface area contributed by atoms with E-state index < -0.39 is 11.9 Å². The molecule has 1 saturated heterocycles. The number of carbonyl (C=O) groups excluding carboxylic acids is 1. The molecule has 1 atom stereocenters. The zero-order valence-corrected chi connectivity index (χ0v) is 12.3. The second-order valence-corrected chi connectivity index (χ2v) is 5.64. The molecule has 1 aliphatic rings. The van der Waals surface area contributed by atoms with Crippen LogP contribution in [0.25, 0.3) is 0 Å². The van der Waals surface area contributed by atoms with Gasteiger partial charge in [-0.15, -0.1) is 0 Å². The van der Waals surface area contributed by atoms with Crippen molar-refractivity contribution in [3.8, 4) is 0 Å². The summed E-state index contributed by atoms with van der Waals surface area (Å²) in [6, 6.07) is 0. The molecule has 1 fully saturated rings. The van der Waals surface area contributed by atoms with Crippen molar-refractivity contribution in [2.24, 2.45) is 0 Å². The van der Waals surface area contributed by atoms with Gasteiger partial charge in [-0.25, -0.2) is 4.79 Å². The Labute approximate surface area is 115 Å². The SMILES string of the molecule is CCOC(O)C=C1CCN(C(=O)OC(C)(C)C)CC1. The lowest BCUT2D eigenvalue weighted by molar-refractivity contribution is -0.0595. The van der Waals surface area contributed by atoms with Crippen LogP contribution in [0.4, 0.5) is 4.79 Å². The van der Waals surface area contributed by atoms with Crippen LogP contribution in [0.15, 0.2) is 11.6 Å². The Morgan fingerprint density at radius 2 is 2.00 bits per heavy atom. The Balaban J connectivity index is 2.42. The minimum atomic E-state index is -0.840. The molecule has 0 bridgehead atoms. The largest absolute Gasteiger partial charge is 0.444 e. The van der Waals surface area contributed by atoms with E-state index in [-0.39, 0.29) is 6.09 Å². The Kier molecular flexibility index (Phi) is 5.82. The molecule has 0 spiro atoms. The molecular weight excluding hydrogens is 246 g/mol. The number of rotatable bonds is 3. The summed E-state index contributed by atoms with van der Waals surface area (Å²) in [7, 11) is 0. The molecule has 1 unspecified atom stereocenters. The summed E-state index contributed by atoms with van der Waals surface area (Å²) < 4.78 is 10.4. The quantitative estimate of drug-likeness (QED) is 0.632. The molecule has 0 aromatic rings. The molecule has 1 aliphatic heterocycles. The van der Waals surface area contributed by atoms with Crippen LogP contribution in [0.5, 0.6) is 0 Å². The molecule has 1 heterocycles. The Morgan fingerprint density at radius 3 is 2.47 bits per heavy atom. The normalized spacial score (nSPS) is 18.2. The fourth-order valence-electron chi connectivity index (χ4n) is 1.89. The van der Waals surface area contributed by atoms with Crippen molar-refractivity contribution in [1.29, 1.82) is 0 Å². The summed E-state index contributed by atoms with van der Waals surface area (Å²) in [6.45, 7) is 9.15. The monoisotopic (exact) mass is 271 g/mol. The summed E-state index contributed by atoms with van der Waals surface area (Å²) in [5.74, 6) is 0. The zero-order chi connectivity index (χ0) is 14.5. The van der Waals surface area contributed by atoms with E-state index in [9.17, 15) is 9.90 Å². The van der Waals surface area contributed by atoms with E-state index >= 15 is 0 Å².